The smallest absolute Gasteiger partial charge is 0.320 e. The van der Waals surface area contributed by atoms with Crippen LogP contribution in [0.5, 0.6) is 0 Å². The van der Waals surface area contributed by atoms with E-state index in [2.05, 4.69) is 12.2 Å². The van der Waals surface area contributed by atoms with E-state index < -0.39 is 5.97 Å². The Labute approximate surface area is 74.2 Å². The van der Waals surface area contributed by atoms with Crippen LogP contribution in [-0.2, 0) is 4.79 Å². The predicted molar refractivity (Wildman–Crippen MR) is 49.2 cm³/mol. The van der Waals surface area contributed by atoms with E-state index in [0.717, 1.165) is 19.3 Å². The standard InChI is InChI=1S/C9H19NO2/c1-4-5-6-8(9(11)12)10-7(2)3/h7-8,10H,4-6H2,1-3H3,(H,11,12)/t8-/m0/s1. The van der Waals surface area contributed by atoms with Gasteiger partial charge in [-0.25, -0.2) is 0 Å². The first-order chi connectivity index (χ1) is 5.57. The highest BCUT2D eigenvalue weighted by Crippen LogP contribution is 2.01. The number of hydrogen-bond donors (Lipinski definition) is 2. The molecule has 3 nitrogen and oxygen atoms in total. The molecule has 0 rings (SSSR count). The maximum atomic E-state index is 10.7. The zero-order chi connectivity index (χ0) is 9.56. The zero-order valence-corrected chi connectivity index (χ0v) is 8.13. The SMILES string of the molecule is CCCC[C@H](NC(C)C)C(=O)O. The largest absolute Gasteiger partial charge is 0.480 e. The summed E-state index contributed by atoms with van der Waals surface area (Å²) in [6.45, 7) is 5.98. The van der Waals surface area contributed by atoms with Crippen molar-refractivity contribution in [1.82, 2.24) is 5.32 Å². The van der Waals surface area contributed by atoms with Crippen LogP contribution in [0.4, 0.5) is 0 Å². The Hall–Kier alpha value is -0.570. The second-order valence-corrected chi connectivity index (χ2v) is 3.35. The number of carboxylic acid groups (broad SMARTS) is 1. The Morgan fingerprint density at radius 3 is 2.42 bits per heavy atom. The van der Waals surface area contributed by atoms with E-state index in [1.54, 1.807) is 0 Å². The fourth-order valence-corrected chi connectivity index (χ4v) is 1.09. The summed E-state index contributed by atoms with van der Waals surface area (Å²) in [6, 6.07) is -0.132. The van der Waals surface area contributed by atoms with E-state index in [0.29, 0.717) is 0 Å². The van der Waals surface area contributed by atoms with Gasteiger partial charge in [-0.15, -0.1) is 0 Å². The van der Waals surface area contributed by atoms with Gasteiger partial charge in [-0.3, -0.25) is 4.79 Å². The van der Waals surface area contributed by atoms with Gasteiger partial charge in [0.1, 0.15) is 6.04 Å². The van der Waals surface area contributed by atoms with Crippen LogP contribution in [-0.4, -0.2) is 23.2 Å². The molecule has 0 heterocycles. The predicted octanol–water partition coefficient (Wildman–Crippen LogP) is 1.63. The van der Waals surface area contributed by atoms with E-state index in [-0.39, 0.29) is 12.1 Å². The lowest BCUT2D eigenvalue weighted by Gasteiger charge is -2.16. The quantitative estimate of drug-likeness (QED) is 0.641. The first-order valence-electron chi connectivity index (χ1n) is 4.56. The van der Waals surface area contributed by atoms with Crippen molar-refractivity contribution >= 4 is 5.97 Å². The summed E-state index contributed by atoms with van der Waals surface area (Å²) in [7, 11) is 0. The Balaban J connectivity index is 3.78. The number of carboxylic acids is 1. The maximum absolute atomic E-state index is 10.7. The molecule has 0 saturated heterocycles. The highest BCUT2D eigenvalue weighted by Gasteiger charge is 2.16. The monoisotopic (exact) mass is 173 g/mol. The molecular formula is C9H19NO2. The Bertz CT molecular complexity index is 134. The summed E-state index contributed by atoms with van der Waals surface area (Å²) >= 11 is 0. The number of rotatable bonds is 6. The maximum Gasteiger partial charge on any atom is 0.320 e. The van der Waals surface area contributed by atoms with Crippen molar-refractivity contribution in [2.24, 2.45) is 0 Å². The summed E-state index contributed by atoms with van der Waals surface area (Å²) in [5, 5.41) is 11.8. The van der Waals surface area contributed by atoms with Gasteiger partial charge in [-0.1, -0.05) is 33.6 Å². The third-order valence-electron chi connectivity index (χ3n) is 1.68. The van der Waals surface area contributed by atoms with E-state index in [9.17, 15) is 4.79 Å². The fraction of sp³-hybridized carbons (Fsp3) is 0.889. The molecule has 0 saturated carbocycles. The molecule has 72 valence electrons. The van der Waals surface area contributed by atoms with Crippen molar-refractivity contribution in [2.45, 2.75) is 52.1 Å². The van der Waals surface area contributed by atoms with Crippen LogP contribution in [0.3, 0.4) is 0 Å². The molecule has 0 aromatic carbocycles. The Morgan fingerprint density at radius 1 is 1.50 bits per heavy atom. The molecule has 0 aromatic rings. The molecule has 0 aliphatic rings. The third-order valence-corrected chi connectivity index (χ3v) is 1.68. The van der Waals surface area contributed by atoms with Gasteiger partial charge in [0, 0.05) is 6.04 Å². The average Bonchev–Trinajstić information content (AvgIpc) is 1.96. The van der Waals surface area contributed by atoms with Crippen LogP contribution in [0.25, 0.3) is 0 Å². The molecule has 0 radical (unpaired) electrons. The van der Waals surface area contributed by atoms with Crippen LogP contribution >= 0.6 is 0 Å². The minimum atomic E-state index is -0.739. The van der Waals surface area contributed by atoms with Gasteiger partial charge in [-0.05, 0) is 6.42 Å². The lowest BCUT2D eigenvalue weighted by atomic mass is 10.1. The van der Waals surface area contributed by atoms with Crippen LogP contribution < -0.4 is 5.32 Å². The second-order valence-electron chi connectivity index (χ2n) is 3.35. The van der Waals surface area contributed by atoms with Gasteiger partial charge >= 0.3 is 5.97 Å². The molecule has 0 spiro atoms. The van der Waals surface area contributed by atoms with Crippen molar-refractivity contribution in [3.63, 3.8) is 0 Å². The van der Waals surface area contributed by atoms with Crippen LogP contribution in [0, 0.1) is 0 Å². The molecular weight excluding hydrogens is 154 g/mol. The number of unbranched alkanes of at least 4 members (excludes halogenated alkanes) is 1. The van der Waals surface area contributed by atoms with E-state index in [1.165, 1.54) is 0 Å². The van der Waals surface area contributed by atoms with Gasteiger partial charge in [0.15, 0.2) is 0 Å². The molecule has 0 bridgehead atoms. The van der Waals surface area contributed by atoms with Crippen molar-refractivity contribution in [1.29, 1.82) is 0 Å². The van der Waals surface area contributed by atoms with Gasteiger partial charge in [0.05, 0.1) is 0 Å². The summed E-state index contributed by atoms with van der Waals surface area (Å²) in [5.74, 6) is -0.739. The zero-order valence-electron chi connectivity index (χ0n) is 8.13. The van der Waals surface area contributed by atoms with Gasteiger partial charge in [0.2, 0.25) is 0 Å². The molecule has 0 unspecified atom stereocenters. The second kappa shape index (κ2) is 6.00. The van der Waals surface area contributed by atoms with Crippen molar-refractivity contribution in [3.05, 3.63) is 0 Å². The van der Waals surface area contributed by atoms with Crippen LogP contribution in [0.2, 0.25) is 0 Å². The first kappa shape index (κ1) is 11.4. The number of aliphatic carboxylic acids is 1. The van der Waals surface area contributed by atoms with Crippen molar-refractivity contribution in [3.8, 4) is 0 Å². The first-order valence-corrected chi connectivity index (χ1v) is 4.56. The molecule has 0 aromatic heterocycles. The molecule has 2 N–H and O–H groups in total. The minimum absolute atomic E-state index is 0.239. The Kier molecular flexibility index (Phi) is 5.72. The molecule has 0 fully saturated rings. The molecule has 12 heavy (non-hydrogen) atoms. The van der Waals surface area contributed by atoms with E-state index in [1.807, 2.05) is 13.8 Å². The van der Waals surface area contributed by atoms with E-state index >= 15 is 0 Å². The highest BCUT2D eigenvalue weighted by molar-refractivity contribution is 5.73. The lowest BCUT2D eigenvalue weighted by Crippen LogP contribution is -2.40. The summed E-state index contributed by atoms with van der Waals surface area (Å²) in [5.41, 5.74) is 0. The Morgan fingerprint density at radius 2 is 2.08 bits per heavy atom. The molecule has 0 aliphatic heterocycles. The van der Waals surface area contributed by atoms with Crippen LogP contribution in [0.15, 0.2) is 0 Å². The lowest BCUT2D eigenvalue weighted by molar-refractivity contribution is -0.139. The topological polar surface area (TPSA) is 49.3 Å². The molecule has 0 aliphatic carbocycles. The molecule has 1 atom stereocenters. The van der Waals surface area contributed by atoms with Gasteiger partial charge in [-0.2, -0.15) is 0 Å². The number of hydrogen-bond acceptors (Lipinski definition) is 2. The van der Waals surface area contributed by atoms with Gasteiger partial charge in [0.25, 0.3) is 0 Å². The van der Waals surface area contributed by atoms with E-state index in [4.69, 9.17) is 5.11 Å². The molecule has 3 heteroatoms. The van der Waals surface area contributed by atoms with Gasteiger partial charge < -0.3 is 10.4 Å². The number of carbonyl (C=O) groups is 1. The highest BCUT2D eigenvalue weighted by atomic mass is 16.4. The average molecular weight is 173 g/mol. The van der Waals surface area contributed by atoms with Crippen LogP contribution in [0.1, 0.15) is 40.0 Å². The van der Waals surface area contributed by atoms with Crippen molar-refractivity contribution in [2.75, 3.05) is 0 Å². The minimum Gasteiger partial charge on any atom is -0.480 e. The summed E-state index contributed by atoms with van der Waals surface area (Å²) in [6.07, 6.45) is 2.74. The normalized spacial score (nSPS) is 13.3. The third kappa shape index (κ3) is 5.13. The summed E-state index contributed by atoms with van der Waals surface area (Å²) in [4.78, 5) is 10.7. The fourth-order valence-electron chi connectivity index (χ4n) is 1.09. The summed E-state index contributed by atoms with van der Waals surface area (Å²) < 4.78 is 0. The van der Waals surface area contributed by atoms with Crippen molar-refractivity contribution < 1.29 is 9.90 Å². The number of nitrogens with one attached hydrogen (secondary N) is 1. The molecule has 0 amide bonds.